The molecular weight excluding hydrogens is 266 g/mol. The molecule has 1 aromatic carbocycles. The molecule has 0 spiro atoms. The predicted octanol–water partition coefficient (Wildman–Crippen LogP) is 2.98. The number of nitrogens with zero attached hydrogens (tertiary/aromatic N) is 3. The first kappa shape index (κ1) is 14.1. The third-order valence-corrected chi connectivity index (χ3v) is 3.90. The number of benzene rings is 1. The van der Waals surface area contributed by atoms with Gasteiger partial charge in [0.25, 0.3) is 0 Å². The van der Waals surface area contributed by atoms with E-state index in [0.29, 0.717) is 11.7 Å². The molecule has 3 rings (SSSR count). The number of piperidine rings is 1. The summed E-state index contributed by atoms with van der Waals surface area (Å²) in [6.45, 7) is 5.25. The summed E-state index contributed by atoms with van der Waals surface area (Å²) in [6.07, 6.45) is 2.56. The molecule has 1 aliphatic heterocycles. The van der Waals surface area contributed by atoms with Gasteiger partial charge >= 0.3 is 0 Å². The smallest absolute Gasteiger partial charge is 0.241 e. The lowest BCUT2D eigenvalue weighted by molar-refractivity contribution is 0.157. The van der Waals surface area contributed by atoms with Gasteiger partial charge in [0.1, 0.15) is 5.75 Å². The highest BCUT2D eigenvalue weighted by molar-refractivity contribution is 5.56. The maximum atomic E-state index is 5.39. The van der Waals surface area contributed by atoms with Gasteiger partial charge in [-0.3, -0.25) is 4.90 Å². The second kappa shape index (κ2) is 6.26. The Hall–Kier alpha value is -1.88. The van der Waals surface area contributed by atoms with Crippen molar-refractivity contribution in [1.82, 2.24) is 15.0 Å². The Morgan fingerprint density at radius 3 is 3.14 bits per heavy atom. The van der Waals surface area contributed by atoms with E-state index >= 15 is 0 Å². The minimum absolute atomic E-state index is 0.619. The number of hydrogen-bond donors (Lipinski definition) is 0. The van der Waals surface area contributed by atoms with Crippen LogP contribution >= 0.6 is 0 Å². The second-order valence-corrected chi connectivity index (χ2v) is 5.73. The Kier molecular flexibility index (Phi) is 4.20. The van der Waals surface area contributed by atoms with Gasteiger partial charge in [-0.1, -0.05) is 24.2 Å². The van der Waals surface area contributed by atoms with Gasteiger partial charge in [0, 0.05) is 12.1 Å². The zero-order valence-electron chi connectivity index (χ0n) is 12.6. The first-order valence-electron chi connectivity index (χ1n) is 7.44. The summed E-state index contributed by atoms with van der Waals surface area (Å²) >= 11 is 0. The molecule has 5 nitrogen and oxygen atoms in total. The maximum absolute atomic E-state index is 5.39. The molecule has 1 fully saturated rings. The van der Waals surface area contributed by atoms with Crippen molar-refractivity contribution >= 4 is 0 Å². The molecule has 0 bridgehead atoms. The summed E-state index contributed by atoms with van der Waals surface area (Å²) in [6, 6.07) is 7.70. The number of hydrogen-bond acceptors (Lipinski definition) is 5. The van der Waals surface area contributed by atoms with E-state index < -0.39 is 0 Å². The monoisotopic (exact) mass is 287 g/mol. The summed E-state index contributed by atoms with van der Waals surface area (Å²) in [4.78, 5) is 6.89. The van der Waals surface area contributed by atoms with E-state index in [9.17, 15) is 0 Å². The summed E-state index contributed by atoms with van der Waals surface area (Å²) < 4.78 is 10.6. The Balaban J connectivity index is 1.70. The molecule has 0 radical (unpaired) electrons. The molecule has 112 valence electrons. The highest BCUT2D eigenvalue weighted by Crippen LogP contribution is 2.22. The topological polar surface area (TPSA) is 51.4 Å². The molecule has 1 saturated heterocycles. The van der Waals surface area contributed by atoms with Gasteiger partial charge in [0.15, 0.2) is 0 Å². The molecule has 1 unspecified atom stereocenters. The standard InChI is InChI=1S/C16H21N3O2/c1-12-5-4-8-19(10-12)11-15-17-16(18-21-15)13-6-3-7-14(9-13)20-2/h3,6-7,9,12H,4-5,8,10-11H2,1-2H3. The minimum Gasteiger partial charge on any atom is -0.497 e. The van der Waals surface area contributed by atoms with Crippen LogP contribution in [0, 0.1) is 5.92 Å². The first-order valence-corrected chi connectivity index (χ1v) is 7.44. The van der Waals surface area contributed by atoms with Crippen LogP contribution in [0.3, 0.4) is 0 Å². The van der Waals surface area contributed by atoms with Crippen LogP contribution in [0.1, 0.15) is 25.7 Å². The molecule has 1 aromatic heterocycles. The number of aromatic nitrogens is 2. The number of methoxy groups -OCH3 is 1. The van der Waals surface area contributed by atoms with Crippen molar-refractivity contribution in [1.29, 1.82) is 0 Å². The van der Waals surface area contributed by atoms with Crippen LogP contribution < -0.4 is 4.74 Å². The van der Waals surface area contributed by atoms with E-state index in [1.165, 1.54) is 12.8 Å². The normalized spacial score (nSPS) is 19.6. The third-order valence-electron chi connectivity index (χ3n) is 3.90. The Labute approximate surface area is 124 Å². The van der Waals surface area contributed by atoms with E-state index in [-0.39, 0.29) is 0 Å². The predicted molar refractivity (Wildman–Crippen MR) is 80.0 cm³/mol. The molecule has 1 aliphatic rings. The van der Waals surface area contributed by atoms with E-state index in [4.69, 9.17) is 9.26 Å². The van der Waals surface area contributed by atoms with Gasteiger partial charge in [-0.2, -0.15) is 4.98 Å². The molecule has 0 amide bonds. The highest BCUT2D eigenvalue weighted by Gasteiger charge is 2.19. The summed E-state index contributed by atoms with van der Waals surface area (Å²) in [7, 11) is 1.65. The molecule has 21 heavy (non-hydrogen) atoms. The lowest BCUT2D eigenvalue weighted by Gasteiger charge is -2.29. The van der Waals surface area contributed by atoms with Crippen molar-refractivity contribution in [2.75, 3.05) is 20.2 Å². The molecule has 0 N–H and O–H groups in total. The average molecular weight is 287 g/mol. The van der Waals surface area contributed by atoms with Gasteiger partial charge in [-0.25, -0.2) is 0 Å². The number of likely N-dealkylation sites (tertiary alicyclic amines) is 1. The van der Waals surface area contributed by atoms with Crippen molar-refractivity contribution in [3.05, 3.63) is 30.2 Å². The van der Waals surface area contributed by atoms with Gasteiger partial charge in [0.2, 0.25) is 11.7 Å². The molecule has 0 aliphatic carbocycles. The van der Waals surface area contributed by atoms with Gasteiger partial charge in [-0.05, 0) is 37.4 Å². The fourth-order valence-corrected chi connectivity index (χ4v) is 2.82. The molecule has 2 heterocycles. The molecule has 1 atom stereocenters. The van der Waals surface area contributed by atoms with Crippen LogP contribution in [0.2, 0.25) is 0 Å². The summed E-state index contributed by atoms with van der Waals surface area (Å²) in [5.74, 6) is 2.85. The van der Waals surface area contributed by atoms with Gasteiger partial charge in [0.05, 0.1) is 13.7 Å². The lowest BCUT2D eigenvalue weighted by Crippen LogP contribution is -2.33. The largest absolute Gasteiger partial charge is 0.497 e. The lowest BCUT2D eigenvalue weighted by atomic mass is 10.0. The highest BCUT2D eigenvalue weighted by atomic mass is 16.5. The fraction of sp³-hybridized carbons (Fsp3) is 0.500. The van der Waals surface area contributed by atoms with Crippen LogP contribution in [-0.2, 0) is 6.54 Å². The number of rotatable bonds is 4. The van der Waals surface area contributed by atoms with Crippen molar-refractivity contribution in [2.45, 2.75) is 26.3 Å². The Morgan fingerprint density at radius 2 is 2.33 bits per heavy atom. The van der Waals surface area contributed by atoms with E-state index in [0.717, 1.165) is 36.9 Å². The van der Waals surface area contributed by atoms with E-state index in [1.807, 2.05) is 24.3 Å². The van der Waals surface area contributed by atoms with Crippen LogP contribution in [0.5, 0.6) is 5.75 Å². The fourth-order valence-electron chi connectivity index (χ4n) is 2.82. The van der Waals surface area contributed by atoms with E-state index in [1.54, 1.807) is 7.11 Å². The van der Waals surface area contributed by atoms with Crippen LogP contribution in [0.15, 0.2) is 28.8 Å². The molecule has 2 aromatic rings. The molecule has 5 heteroatoms. The zero-order chi connectivity index (χ0) is 14.7. The van der Waals surface area contributed by atoms with E-state index in [2.05, 4.69) is 22.0 Å². The first-order chi connectivity index (χ1) is 10.2. The number of ether oxygens (including phenoxy) is 1. The summed E-state index contributed by atoms with van der Waals surface area (Å²) in [5, 5.41) is 4.08. The van der Waals surface area contributed by atoms with Crippen molar-refractivity contribution in [3.8, 4) is 17.1 Å². The Morgan fingerprint density at radius 1 is 1.43 bits per heavy atom. The van der Waals surface area contributed by atoms with Crippen LogP contribution in [0.25, 0.3) is 11.4 Å². The minimum atomic E-state index is 0.619. The van der Waals surface area contributed by atoms with Crippen molar-refractivity contribution < 1.29 is 9.26 Å². The molecular formula is C16H21N3O2. The SMILES string of the molecule is COc1cccc(-c2noc(CN3CCCC(C)C3)n2)c1. The second-order valence-electron chi connectivity index (χ2n) is 5.73. The third kappa shape index (κ3) is 3.42. The summed E-state index contributed by atoms with van der Waals surface area (Å²) in [5.41, 5.74) is 0.913. The maximum Gasteiger partial charge on any atom is 0.241 e. The Bertz CT molecular complexity index is 597. The van der Waals surface area contributed by atoms with Crippen molar-refractivity contribution in [3.63, 3.8) is 0 Å². The quantitative estimate of drug-likeness (QED) is 0.865. The molecule has 0 saturated carbocycles. The van der Waals surface area contributed by atoms with Gasteiger partial charge < -0.3 is 9.26 Å². The van der Waals surface area contributed by atoms with Crippen LogP contribution in [0.4, 0.5) is 0 Å². The zero-order valence-corrected chi connectivity index (χ0v) is 12.6. The van der Waals surface area contributed by atoms with Crippen LogP contribution in [-0.4, -0.2) is 35.2 Å². The van der Waals surface area contributed by atoms with Gasteiger partial charge in [-0.15, -0.1) is 0 Å². The van der Waals surface area contributed by atoms with Crippen molar-refractivity contribution in [2.24, 2.45) is 5.92 Å². The average Bonchev–Trinajstić information content (AvgIpc) is 2.96.